The van der Waals surface area contributed by atoms with Crippen LogP contribution in [0.4, 0.5) is 0 Å². The minimum atomic E-state index is -3.41. The number of nitrogens with zero attached hydrogens (tertiary/aromatic N) is 2. The van der Waals surface area contributed by atoms with Crippen molar-refractivity contribution in [3.63, 3.8) is 0 Å². The van der Waals surface area contributed by atoms with Gasteiger partial charge in [-0.3, -0.25) is 5.10 Å². The Labute approximate surface area is 101 Å². The van der Waals surface area contributed by atoms with Crippen molar-refractivity contribution in [1.82, 2.24) is 24.5 Å². The lowest BCUT2D eigenvalue weighted by atomic mass is 10.2. The summed E-state index contributed by atoms with van der Waals surface area (Å²) in [4.78, 5) is 0. The van der Waals surface area contributed by atoms with Gasteiger partial charge in [0.2, 0.25) is 0 Å². The van der Waals surface area contributed by atoms with Crippen LogP contribution in [0.25, 0.3) is 0 Å². The molecule has 7 nitrogen and oxygen atoms in total. The predicted octanol–water partition coefficient (Wildman–Crippen LogP) is -0.790. The van der Waals surface area contributed by atoms with Crippen LogP contribution >= 0.6 is 0 Å². The van der Waals surface area contributed by atoms with Crippen LogP contribution < -0.4 is 10.0 Å². The van der Waals surface area contributed by atoms with E-state index in [2.05, 4.69) is 20.2 Å². The average molecular weight is 259 g/mol. The molecule has 1 unspecified atom stereocenters. The largest absolute Gasteiger partial charge is 0.314 e. The fourth-order valence-corrected chi connectivity index (χ4v) is 3.14. The average Bonchev–Trinajstić information content (AvgIpc) is 2.83. The van der Waals surface area contributed by atoms with Gasteiger partial charge in [0.15, 0.2) is 0 Å². The molecule has 96 valence electrons. The topological polar surface area (TPSA) is 90.1 Å². The second-order valence-corrected chi connectivity index (χ2v) is 5.73. The molecule has 8 heteroatoms. The molecule has 1 atom stereocenters. The van der Waals surface area contributed by atoms with Gasteiger partial charge in [-0.2, -0.15) is 22.5 Å². The van der Waals surface area contributed by atoms with E-state index >= 15 is 0 Å². The molecule has 0 aromatic carbocycles. The first kappa shape index (κ1) is 12.5. The van der Waals surface area contributed by atoms with Gasteiger partial charge in [0.1, 0.15) is 0 Å². The minimum absolute atomic E-state index is 0.284. The van der Waals surface area contributed by atoms with Gasteiger partial charge in [0.25, 0.3) is 10.2 Å². The van der Waals surface area contributed by atoms with Crippen LogP contribution in [0, 0.1) is 0 Å². The van der Waals surface area contributed by atoms with Crippen LogP contribution in [0.3, 0.4) is 0 Å². The summed E-state index contributed by atoms with van der Waals surface area (Å²) in [5.41, 5.74) is 0.823. The molecule has 2 heterocycles. The van der Waals surface area contributed by atoms with Gasteiger partial charge in [0, 0.05) is 44.0 Å². The van der Waals surface area contributed by atoms with Gasteiger partial charge in [-0.05, 0) is 6.92 Å². The Balaban J connectivity index is 2.01. The van der Waals surface area contributed by atoms with Crippen LogP contribution in [0.5, 0.6) is 0 Å². The zero-order valence-electron chi connectivity index (χ0n) is 9.68. The lowest BCUT2D eigenvalue weighted by molar-refractivity contribution is 0.352. The number of rotatable bonds is 4. The number of aromatic nitrogens is 2. The zero-order valence-corrected chi connectivity index (χ0v) is 10.5. The van der Waals surface area contributed by atoms with Crippen molar-refractivity contribution in [2.24, 2.45) is 0 Å². The van der Waals surface area contributed by atoms with Crippen molar-refractivity contribution in [2.45, 2.75) is 13.0 Å². The molecule has 2 rings (SSSR count). The summed E-state index contributed by atoms with van der Waals surface area (Å²) in [6.45, 7) is 4.20. The predicted molar refractivity (Wildman–Crippen MR) is 63.5 cm³/mol. The Morgan fingerprint density at radius 3 is 2.76 bits per heavy atom. The number of hydrogen-bond donors (Lipinski definition) is 3. The summed E-state index contributed by atoms with van der Waals surface area (Å²) in [6, 6.07) is -0.284. The number of H-pyrrole nitrogens is 1. The van der Waals surface area contributed by atoms with Crippen molar-refractivity contribution in [2.75, 3.05) is 26.2 Å². The first-order valence-electron chi connectivity index (χ1n) is 5.56. The molecule has 1 aliphatic rings. The zero-order chi connectivity index (χ0) is 12.3. The Hall–Kier alpha value is -0.960. The van der Waals surface area contributed by atoms with E-state index in [1.54, 1.807) is 19.3 Å². The summed E-state index contributed by atoms with van der Waals surface area (Å²) >= 11 is 0. The van der Waals surface area contributed by atoms with Gasteiger partial charge >= 0.3 is 0 Å². The van der Waals surface area contributed by atoms with Crippen molar-refractivity contribution < 1.29 is 8.42 Å². The third-order valence-corrected chi connectivity index (χ3v) is 4.46. The summed E-state index contributed by atoms with van der Waals surface area (Å²) in [6.07, 6.45) is 3.30. The normalized spacial score (nSPS) is 20.3. The molecule has 0 bridgehead atoms. The first-order chi connectivity index (χ1) is 8.09. The van der Waals surface area contributed by atoms with E-state index in [4.69, 9.17) is 0 Å². The van der Waals surface area contributed by atoms with Crippen LogP contribution in [-0.2, 0) is 10.2 Å². The molecule has 3 N–H and O–H groups in total. The van der Waals surface area contributed by atoms with E-state index in [1.165, 1.54) is 4.31 Å². The molecule has 0 amide bonds. The highest BCUT2D eigenvalue weighted by Gasteiger charge is 2.25. The van der Waals surface area contributed by atoms with Gasteiger partial charge in [-0.15, -0.1) is 0 Å². The van der Waals surface area contributed by atoms with Crippen LogP contribution in [0.2, 0.25) is 0 Å². The van der Waals surface area contributed by atoms with E-state index in [0.29, 0.717) is 26.2 Å². The van der Waals surface area contributed by atoms with Crippen molar-refractivity contribution >= 4 is 10.2 Å². The van der Waals surface area contributed by atoms with Gasteiger partial charge in [-0.1, -0.05) is 0 Å². The van der Waals surface area contributed by atoms with Crippen LogP contribution in [-0.4, -0.2) is 49.1 Å². The molecular formula is C9H17N5O2S. The molecule has 1 aliphatic heterocycles. The third kappa shape index (κ3) is 3.03. The maximum absolute atomic E-state index is 12.0. The molecule has 0 radical (unpaired) electrons. The molecule has 1 fully saturated rings. The number of nitrogens with one attached hydrogen (secondary N) is 3. The van der Waals surface area contributed by atoms with E-state index in [0.717, 1.165) is 5.56 Å². The maximum atomic E-state index is 12.0. The third-order valence-electron chi connectivity index (χ3n) is 2.76. The monoisotopic (exact) mass is 259 g/mol. The number of hydrogen-bond acceptors (Lipinski definition) is 4. The SMILES string of the molecule is CC(NS(=O)(=O)N1CCNCC1)c1cn[nH]c1. The van der Waals surface area contributed by atoms with E-state index in [1.807, 2.05) is 0 Å². The molecule has 0 saturated carbocycles. The fraction of sp³-hybridized carbons (Fsp3) is 0.667. The maximum Gasteiger partial charge on any atom is 0.280 e. The highest BCUT2D eigenvalue weighted by Crippen LogP contribution is 2.12. The van der Waals surface area contributed by atoms with E-state index in [-0.39, 0.29) is 6.04 Å². The molecule has 0 spiro atoms. The lowest BCUT2D eigenvalue weighted by Crippen LogP contribution is -2.50. The van der Waals surface area contributed by atoms with Crippen LogP contribution in [0.1, 0.15) is 18.5 Å². The minimum Gasteiger partial charge on any atom is -0.314 e. The summed E-state index contributed by atoms with van der Waals surface area (Å²) < 4.78 is 28.2. The van der Waals surface area contributed by atoms with Crippen molar-refractivity contribution in [1.29, 1.82) is 0 Å². The Bertz CT molecular complexity index is 438. The van der Waals surface area contributed by atoms with Crippen molar-refractivity contribution in [3.8, 4) is 0 Å². The quantitative estimate of drug-likeness (QED) is 0.661. The van der Waals surface area contributed by atoms with E-state index in [9.17, 15) is 8.42 Å². The van der Waals surface area contributed by atoms with Crippen molar-refractivity contribution in [3.05, 3.63) is 18.0 Å². The van der Waals surface area contributed by atoms with Crippen LogP contribution in [0.15, 0.2) is 12.4 Å². The Morgan fingerprint density at radius 2 is 2.18 bits per heavy atom. The van der Waals surface area contributed by atoms with E-state index < -0.39 is 10.2 Å². The Morgan fingerprint density at radius 1 is 1.47 bits per heavy atom. The molecular weight excluding hydrogens is 242 g/mol. The lowest BCUT2D eigenvalue weighted by Gasteiger charge is -2.27. The summed E-state index contributed by atoms with van der Waals surface area (Å²) in [5.74, 6) is 0. The second kappa shape index (κ2) is 5.13. The smallest absolute Gasteiger partial charge is 0.280 e. The molecule has 1 aromatic rings. The number of piperazine rings is 1. The highest BCUT2D eigenvalue weighted by molar-refractivity contribution is 7.87. The highest BCUT2D eigenvalue weighted by atomic mass is 32.2. The Kier molecular flexibility index (Phi) is 3.77. The fourth-order valence-electron chi connectivity index (χ4n) is 1.75. The molecule has 0 aliphatic carbocycles. The molecule has 1 aromatic heterocycles. The molecule has 17 heavy (non-hydrogen) atoms. The number of aromatic amines is 1. The summed E-state index contributed by atoms with van der Waals surface area (Å²) in [5, 5.41) is 9.59. The summed E-state index contributed by atoms with van der Waals surface area (Å²) in [7, 11) is -3.41. The standard InChI is InChI=1S/C9H17N5O2S/c1-8(9-6-11-12-7-9)13-17(15,16)14-4-2-10-3-5-14/h6-8,10,13H,2-5H2,1H3,(H,11,12). The van der Waals surface area contributed by atoms with Gasteiger partial charge < -0.3 is 5.32 Å². The van der Waals surface area contributed by atoms with Gasteiger partial charge in [0.05, 0.1) is 6.20 Å². The van der Waals surface area contributed by atoms with Gasteiger partial charge in [-0.25, -0.2) is 0 Å². The first-order valence-corrected chi connectivity index (χ1v) is 7.00. The second-order valence-electron chi connectivity index (χ2n) is 4.03. The molecule has 1 saturated heterocycles.